The summed E-state index contributed by atoms with van der Waals surface area (Å²) in [6.45, 7) is 2.16. The third kappa shape index (κ3) is 1.57. The maximum Gasteiger partial charge on any atom is 0.0943 e. The molecule has 1 atom stereocenters. The van der Waals surface area contributed by atoms with Crippen LogP contribution < -0.4 is 0 Å². The normalized spacial score (nSPS) is 26.7. The van der Waals surface area contributed by atoms with Crippen LogP contribution in [0.5, 0.6) is 0 Å². The summed E-state index contributed by atoms with van der Waals surface area (Å²) in [6, 6.07) is 2.20. The van der Waals surface area contributed by atoms with E-state index in [0.717, 1.165) is 12.0 Å². The van der Waals surface area contributed by atoms with Crippen molar-refractivity contribution in [2.75, 3.05) is 0 Å². The molecule has 0 aromatic carbocycles. The fourth-order valence-corrected chi connectivity index (χ4v) is 1.22. The summed E-state index contributed by atoms with van der Waals surface area (Å²) in [5.74, 6) is 0.633. The van der Waals surface area contributed by atoms with Crippen molar-refractivity contribution in [2.24, 2.45) is 5.92 Å². The Kier molecular flexibility index (Phi) is 1.89. The Morgan fingerprint density at radius 1 is 1.78 bits per heavy atom. The molecular weight excluding hydrogens is 110 g/mol. The Morgan fingerprint density at radius 3 is 3.00 bits per heavy atom. The van der Waals surface area contributed by atoms with Crippen LogP contribution in [0.15, 0.2) is 11.6 Å². The van der Waals surface area contributed by atoms with Crippen molar-refractivity contribution in [3.63, 3.8) is 0 Å². The molecule has 9 heavy (non-hydrogen) atoms. The molecule has 0 bridgehead atoms. The molecule has 0 fully saturated rings. The molecule has 0 radical (unpaired) electrons. The van der Waals surface area contributed by atoms with Gasteiger partial charge in [-0.1, -0.05) is 13.0 Å². The lowest BCUT2D eigenvalue weighted by molar-refractivity contribution is 0.575. The first-order valence-electron chi connectivity index (χ1n) is 3.43. The predicted molar refractivity (Wildman–Crippen MR) is 36.7 cm³/mol. The van der Waals surface area contributed by atoms with Gasteiger partial charge in [-0.15, -0.1) is 0 Å². The van der Waals surface area contributed by atoms with Crippen molar-refractivity contribution in [2.45, 2.75) is 26.2 Å². The van der Waals surface area contributed by atoms with E-state index in [1.54, 1.807) is 0 Å². The Labute approximate surface area is 56.0 Å². The van der Waals surface area contributed by atoms with Crippen molar-refractivity contribution < 1.29 is 0 Å². The van der Waals surface area contributed by atoms with Gasteiger partial charge >= 0.3 is 0 Å². The second-order valence-corrected chi connectivity index (χ2v) is 2.67. The summed E-state index contributed by atoms with van der Waals surface area (Å²) in [7, 11) is 0. The molecule has 0 spiro atoms. The van der Waals surface area contributed by atoms with Gasteiger partial charge in [0.1, 0.15) is 0 Å². The first-order chi connectivity index (χ1) is 4.33. The summed E-state index contributed by atoms with van der Waals surface area (Å²) >= 11 is 0. The van der Waals surface area contributed by atoms with Gasteiger partial charge in [0.15, 0.2) is 0 Å². The van der Waals surface area contributed by atoms with Crippen molar-refractivity contribution >= 4 is 0 Å². The fourth-order valence-electron chi connectivity index (χ4n) is 1.22. The largest absolute Gasteiger partial charge is 0.193 e. The Balaban J connectivity index is 2.62. The number of hydrogen-bond acceptors (Lipinski definition) is 1. The lowest BCUT2D eigenvalue weighted by Crippen LogP contribution is -1.98. The summed E-state index contributed by atoms with van der Waals surface area (Å²) in [5, 5.41) is 8.49. The summed E-state index contributed by atoms with van der Waals surface area (Å²) < 4.78 is 0. The number of nitrogens with zero attached hydrogens (tertiary/aromatic N) is 1. The van der Waals surface area contributed by atoms with Gasteiger partial charge < -0.3 is 0 Å². The zero-order valence-corrected chi connectivity index (χ0v) is 5.72. The van der Waals surface area contributed by atoms with E-state index in [9.17, 15) is 0 Å². The minimum atomic E-state index is 0.633. The average molecular weight is 121 g/mol. The van der Waals surface area contributed by atoms with Crippen LogP contribution in [-0.2, 0) is 0 Å². The van der Waals surface area contributed by atoms with Crippen LogP contribution >= 0.6 is 0 Å². The van der Waals surface area contributed by atoms with E-state index in [1.165, 1.54) is 12.8 Å². The molecule has 1 rings (SSSR count). The molecule has 1 nitrogen and oxygen atoms in total. The molecule has 0 aromatic heterocycles. The van der Waals surface area contributed by atoms with Gasteiger partial charge in [-0.25, -0.2) is 0 Å². The third-order valence-corrected chi connectivity index (χ3v) is 1.73. The zero-order chi connectivity index (χ0) is 6.69. The van der Waals surface area contributed by atoms with E-state index in [4.69, 9.17) is 5.26 Å². The average Bonchev–Trinajstić information content (AvgIpc) is 1.88. The molecule has 0 saturated heterocycles. The Bertz CT molecular complexity index is 162. The lowest BCUT2D eigenvalue weighted by atomic mass is 9.93. The maximum absolute atomic E-state index is 8.49. The molecule has 0 aliphatic heterocycles. The first-order valence-corrected chi connectivity index (χ1v) is 3.43. The van der Waals surface area contributed by atoms with Gasteiger partial charge in [0, 0.05) is 5.57 Å². The molecule has 1 unspecified atom stereocenters. The van der Waals surface area contributed by atoms with Crippen molar-refractivity contribution in [1.82, 2.24) is 0 Å². The molecule has 1 aliphatic carbocycles. The fraction of sp³-hybridized carbons (Fsp3) is 0.625. The lowest BCUT2D eigenvalue weighted by Gasteiger charge is -2.11. The highest BCUT2D eigenvalue weighted by Crippen LogP contribution is 2.21. The minimum absolute atomic E-state index is 0.633. The SMILES string of the molecule is CC1C=C(C#N)CCC1. The van der Waals surface area contributed by atoms with Crippen LogP contribution in [0.1, 0.15) is 26.2 Å². The van der Waals surface area contributed by atoms with Crippen LogP contribution in [-0.4, -0.2) is 0 Å². The molecule has 0 amide bonds. The second kappa shape index (κ2) is 2.68. The van der Waals surface area contributed by atoms with E-state index in [1.807, 2.05) is 0 Å². The first kappa shape index (κ1) is 6.35. The van der Waals surface area contributed by atoms with E-state index in [0.29, 0.717) is 5.92 Å². The molecule has 0 heterocycles. The highest BCUT2D eigenvalue weighted by molar-refractivity contribution is 5.22. The standard InChI is InChI=1S/C8H11N/c1-7-3-2-4-8(5-7)6-9/h5,7H,2-4H2,1H3. The highest BCUT2D eigenvalue weighted by Gasteiger charge is 2.07. The molecule has 0 aromatic rings. The number of hydrogen-bond donors (Lipinski definition) is 0. The second-order valence-electron chi connectivity index (χ2n) is 2.67. The van der Waals surface area contributed by atoms with Crippen molar-refractivity contribution in [3.8, 4) is 6.07 Å². The summed E-state index contributed by atoms with van der Waals surface area (Å²) in [6.07, 6.45) is 5.54. The number of rotatable bonds is 0. The zero-order valence-electron chi connectivity index (χ0n) is 5.72. The Hall–Kier alpha value is -0.770. The summed E-state index contributed by atoms with van der Waals surface area (Å²) in [5.41, 5.74) is 0.980. The van der Waals surface area contributed by atoms with E-state index >= 15 is 0 Å². The van der Waals surface area contributed by atoms with Crippen molar-refractivity contribution in [3.05, 3.63) is 11.6 Å². The van der Waals surface area contributed by atoms with Crippen LogP contribution in [0.2, 0.25) is 0 Å². The Morgan fingerprint density at radius 2 is 2.56 bits per heavy atom. The molecular formula is C8H11N. The molecule has 0 saturated carbocycles. The van der Waals surface area contributed by atoms with E-state index in [-0.39, 0.29) is 0 Å². The van der Waals surface area contributed by atoms with Gasteiger partial charge in [0.2, 0.25) is 0 Å². The number of allylic oxidation sites excluding steroid dienone is 2. The van der Waals surface area contributed by atoms with Crippen molar-refractivity contribution in [1.29, 1.82) is 5.26 Å². The maximum atomic E-state index is 8.49. The van der Waals surface area contributed by atoms with Crippen LogP contribution in [0.25, 0.3) is 0 Å². The van der Waals surface area contributed by atoms with Gasteiger partial charge in [0.25, 0.3) is 0 Å². The molecule has 0 N–H and O–H groups in total. The minimum Gasteiger partial charge on any atom is -0.193 e. The van der Waals surface area contributed by atoms with Crippen LogP contribution in [0.4, 0.5) is 0 Å². The van der Waals surface area contributed by atoms with Gasteiger partial charge in [-0.05, 0) is 25.2 Å². The van der Waals surface area contributed by atoms with Gasteiger partial charge in [-0.3, -0.25) is 0 Å². The quantitative estimate of drug-likeness (QED) is 0.482. The van der Waals surface area contributed by atoms with E-state index < -0.39 is 0 Å². The summed E-state index contributed by atoms with van der Waals surface area (Å²) in [4.78, 5) is 0. The van der Waals surface area contributed by atoms with Gasteiger partial charge in [-0.2, -0.15) is 5.26 Å². The highest BCUT2D eigenvalue weighted by atomic mass is 14.3. The van der Waals surface area contributed by atoms with Gasteiger partial charge in [0.05, 0.1) is 6.07 Å². The molecule has 1 aliphatic rings. The van der Waals surface area contributed by atoms with E-state index in [2.05, 4.69) is 19.1 Å². The van der Waals surface area contributed by atoms with Crippen LogP contribution in [0, 0.1) is 17.2 Å². The van der Waals surface area contributed by atoms with Crippen LogP contribution in [0.3, 0.4) is 0 Å². The topological polar surface area (TPSA) is 23.8 Å². The number of nitriles is 1. The third-order valence-electron chi connectivity index (χ3n) is 1.73. The molecule has 48 valence electrons. The smallest absolute Gasteiger partial charge is 0.0943 e. The molecule has 1 heteroatoms. The predicted octanol–water partition coefficient (Wildman–Crippen LogP) is 2.26. The monoisotopic (exact) mass is 121 g/mol.